The Morgan fingerprint density at radius 1 is 1.22 bits per heavy atom. The van der Waals surface area contributed by atoms with Crippen LogP contribution in [0.2, 0.25) is 0 Å². The molecule has 1 atom stereocenters. The first-order valence-corrected chi connectivity index (χ1v) is 7.12. The number of ether oxygens (including phenoxy) is 1. The SMILES string of the molecule is COC(C)(C)CC(C)NCCN1CCN(C)CC1. The number of likely N-dealkylation sites (N-methyl/N-ethyl adjacent to an activating group) is 1. The van der Waals surface area contributed by atoms with Crippen molar-refractivity contribution in [2.45, 2.75) is 38.8 Å². The van der Waals surface area contributed by atoms with E-state index >= 15 is 0 Å². The first kappa shape index (κ1) is 15.9. The lowest BCUT2D eigenvalue weighted by Crippen LogP contribution is -2.47. The van der Waals surface area contributed by atoms with Gasteiger partial charge in [-0.3, -0.25) is 4.90 Å². The van der Waals surface area contributed by atoms with Gasteiger partial charge in [0, 0.05) is 52.4 Å². The summed E-state index contributed by atoms with van der Waals surface area (Å²) in [6, 6.07) is 0.507. The minimum absolute atomic E-state index is 0.0275. The number of hydrogen-bond donors (Lipinski definition) is 1. The molecule has 1 rings (SSSR count). The third-order valence-corrected chi connectivity index (χ3v) is 3.87. The molecule has 1 fully saturated rings. The molecule has 0 radical (unpaired) electrons. The van der Waals surface area contributed by atoms with Crippen molar-refractivity contribution in [1.82, 2.24) is 15.1 Å². The molecule has 0 aromatic carbocycles. The first-order valence-electron chi connectivity index (χ1n) is 7.12. The van der Waals surface area contributed by atoms with Crippen LogP contribution >= 0.6 is 0 Å². The van der Waals surface area contributed by atoms with Crippen molar-refractivity contribution in [3.63, 3.8) is 0 Å². The molecule has 0 bridgehead atoms. The zero-order valence-electron chi connectivity index (χ0n) is 12.8. The molecule has 0 aromatic rings. The largest absolute Gasteiger partial charge is 0.379 e. The number of methoxy groups -OCH3 is 1. The van der Waals surface area contributed by atoms with Crippen LogP contribution in [0.4, 0.5) is 0 Å². The van der Waals surface area contributed by atoms with E-state index in [1.54, 1.807) is 7.11 Å². The molecule has 1 aliphatic rings. The average molecular weight is 257 g/mol. The average Bonchev–Trinajstić information content (AvgIpc) is 2.31. The van der Waals surface area contributed by atoms with Gasteiger partial charge in [0.2, 0.25) is 0 Å². The summed E-state index contributed by atoms with van der Waals surface area (Å²) in [5.74, 6) is 0. The molecule has 1 heterocycles. The van der Waals surface area contributed by atoms with E-state index < -0.39 is 0 Å². The van der Waals surface area contributed by atoms with Crippen molar-refractivity contribution < 1.29 is 4.74 Å². The second-order valence-corrected chi connectivity index (χ2v) is 6.17. The van der Waals surface area contributed by atoms with Crippen molar-refractivity contribution >= 4 is 0 Å². The highest BCUT2D eigenvalue weighted by Crippen LogP contribution is 2.15. The molecular formula is C14H31N3O. The Morgan fingerprint density at radius 2 is 1.83 bits per heavy atom. The third-order valence-electron chi connectivity index (χ3n) is 3.87. The molecule has 18 heavy (non-hydrogen) atoms. The zero-order valence-corrected chi connectivity index (χ0v) is 12.8. The Hall–Kier alpha value is -0.160. The molecule has 0 amide bonds. The molecule has 1 aliphatic heterocycles. The van der Waals surface area contributed by atoms with Crippen LogP contribution in [-0.4, -0.2) is 74.9 Å². The maximum atomic E-state index is 5.46. The van der Waals surface area contributed by atoms with E-state index in [4.69, 9.17) is 4.74 Å². The predicted molar refractivity (Wildman–Crippen MR) is 77.1 cm³/mol. The summed E-state index contributed by atoms with van der Waals surface area (Å²) in [6.45, 7) is 13.6. The van der Waals surface area contributed by atoms with E-state index in [0.717, 1.165) is 19.5 Å². The van der Waals surface area contributed by atoms with E-state index in [9.17, 15) is 0 Å². The van der Waals surface area contributed by atoms with Crippen LogP contribution in [0.5, 0.6) is 0 Å². The molecule has 4 heteroatoms. The molecule has 0 aliphatic carbocycles. The summed E-state index contributed by atoms with van der Waals surface area (Å²) < 4.78 is 5.46. The minimum Gasteiger partial charge on any atom is -0.379 e. The van der Waals surface area contributed by atoms with E-state index in [2.05, 4.69) is 42.9 Å². The van der Waals surface area contributed by atoms with E-state index in [1.165, 1.54) is 26.2 Å². The van der Waals surface area contributed by atoms with Gasteiger partial charge in [-0.1, -0.05) is 0 Å². The second-order valence-electron chi connectivity index (χ2n) is 6.17. The zero-order chi connectivity index (χ0) is 13.6. The van der Waals surface area contributed by atoms with Crippen molar-refractivity contribution in [3.05, 3.63) is 0 Å². The van der Waals surface area contributed by atoms with E-state index in [1.807, 2.05) is 0 Å². The summed E-state index contributed by atoms with van der Waals surface area (Å²) in [5.41, 5.74) is -0.0275. The first-order chi connectivity index (χ1) is 8.43. The number of piperazine rings is 1. The fraction of sp³-hybridized carbons (Fsp3) is 1.00. The van der Waals surface area contributed by atoms with Gasteiger partial charge in [-0.25, -0.2) is 0 Å². The summed E-state index contributed by atoms with van der Waals surface area (Å²) in [7, 11) is 3.99. The van der Waals surface area contributed by atoms with Crippen LogP contribution in [0, 0.1) is 0 Å². The van der Waals surface area contributed by atoms with E-state index in [0.29, 0.717) is 6.04 Å². The van der Waals surface area contributed by atoms with Gasteiger partial charge in [0.25, 0.3) is 0 Å². The fourth-order valence-corrected chi connectivity index (χ4v) is 2.43. The fourth-order valence-electron chi connectivity index (χ4n) is 2.43. The smallest absolute Gasteiger partial charge is 0.0637 e. The quantitative estimate of drug-likeness (QED) is 0.737. The second kappa shape index (κ2) is 7.43. The normalized spacial score (nSPS) is 21.2. The van der Waals surface area contributed by atoms with Crippen LogP contribution in [-0.2, 0) is 4.74 Å². The Balaban J connectivity index is 2.10. The van der Waals surface area contributed by atoms with Crippen LogP contribution in [0.1, 0.15) is 27.2 Å². The van der Waals surface area contributed by atoms with Crippen LogP contribution in [0.25, 0.3) is 0 Å². The lowest BCUT2D eigenvalue weighted by Gasteiger charge is -2.33. The maximum Gasteiger partial charge on any atom is 0.0637 e. The number of hydrogen-bond acceptors (Lipinski definition) is 4. The lowest BCUT2D eigenvalue weighted by molar-refractivity contribution is 0.00836. The Labute approximate surface area is 113 Å². The molecule has 0 aromatic heterocycles. The highest BCUT2D eigenvalue weighted by molar-refractivity contribution is 4.76. The number of nitrogens with one attached hydrogen (secondary N) is 1. The van der Waals surface area contributed by atoms with Crippen LogP contribution < -0.4 is 5.32 Å². The molecular weight excluding hydrogens is 226 g/mol. The molecule has 0 saturated carbocycles. The highest BCUT2D eigenvalue weighted by atomic mass is 16.5. The topological polar surface area (TPSA) is 27.7 Å². The van der Waals surface area contributed by atoms with Gasteiger partial charge in [0.1, 0.15) is 0 Å². The summed E-state index contributed by atoms with van der Waals surface area (Å²) in [6.07, 6.45) is 1.05. The molecule has 1 saturated heterocycles. The molecule has 1 unspecified atom stereocenters. The highest BCUT2D eigenvalue weighted by Gasteiger charge is 2.20. The van der Waals surface area contributed by atoms with Crippen LogP contribution in [0.3, 0.4) is 0 Å². The Morgan fingerprint density at radius 3 is 2.39 bits per heavy atom. The number of nitrogens with zero attached hydrogens (tertiary/aromatic N) is 2. The Kier molecular flexibility index (Phi) is 6.57. The summed E-state index contributed by atoms with van der Waals surface area (Å²) in [5, 5.41) is 3.60. The summed E-state index contributed by atoms with van der Waals surface area (Å²) in [4.78, 5) is 4.94. The van der Waals surface area contributed by atoms with Gasteiger partial charge in [-0.15, -0.1) is 0 Å². The standard InChI is InChI=1S/C14H31N3O/c1-13(12-14(2,3)18-5)15-6-7-17-10-8-16(4)9-11-17/h13,15H,6-12H2,1-5H3. The third kappa shape index (κ3) is 6.14. The van der Waals surface area contributed by atoms with Crippen LogP contribution in [0.15, 0.2) is 0 Å². The van der Waals surface area contributed by atoms with Gasteiger partial charge in [-0.2, -0.15) is 0 Å². The molecule has 4 nitrogen and oxygen atoms in total. The van der Waals surface area contributed by atoms with Gasteiger partial charge < -0.3 is 15.0 Å². The lowest BCUT2D eigenvalue weighted by atomic mass is 10.00. The predicted octanol–water partition coefficient (Wildman–Crippen LogP) is 1.03. The Bertz CT molecular complexity index is 225. The van der Waals surface area contributed by atoms with Crippen molar-refractivity contribution in [2.75, 3.05) is 53.4 Å². The van der Waals surface area contributed by atoms with Gasteiger partial charge in [-0.05, 0) is 34.2 Å². The minimum atomic E-state index is -0.0275. The van der Waals surface area contributed by atoms with Crippen molar-refractivity contribution in [1.29, 1.82) is 0 Å². The van der Waals surface area contributed by atoms with Gasteiger partial charge >= 0.3 is 0 Å². The molecule has 0 spiro atoms. The number of rotatable bonds is 7. The van der Waals surface area contributed by atoms with E-state index in [-0.39, 0.29) is 5.60 Å². The van der Waals surface area contributed by atoms with Crippen molar-refractivity contribution in [3.8, 4) is 0 Å². The monoisotopic (exact) mass is 257 g/mol. The maximum absolute atomic E-state index is 5.46. The van der Waals surface area contributed by atoms with Gasteiger partial charge in [0.15, 0.2) is 0 Å². The molecule has 108 valence electrons. The van der Waals surface area contributed by atoms with Crippen molar-refractivity contribution in [2.24, 2.45) is 0 Å². The summed E-state index contributed by atoms with van der Waals surface area (Å²) >= 11 is 0. The van der Waals surface area contributed by atoms with Gasteiger partial charge in [0.05, 0.1) is 5.60 Å². The molecule has 1 N–H and O–H groups in total.